The van der Waals surface area contributed by atoms with Crippen LogP contribution >= 0.6 is 0 Å². The van der Waals surface area contributed by atoms with Crippen molar-refractivity contribution in [1.29, 1.82) is 0 Å². The van der Waals surface area contributed by atoms with E-state index in [1.807, 2.05) is 0 Å². The number of likely N-dealkylation sites (tertiary alicyclic amines) is 1. The molecule has 80 valence electrons. The van der Waals surface area contributed by atoms with Crippen LogP contribution in [0.4, 0.5) is 0 Å². The molecular weight excluding hydrogens is 172 g/mol. The van der Waals surface area contributed by atoms with Crippen molar-refractivity contribution >= 4 is 0 Å². The molecule has 14 heavy (non-hydrogen) atoms. The monoisotopic (exact) mass is 194 g/mol. The Hall–Kier alpha value is -0.0800. The van der Waals surface area contributed by atoms with Gasteiger partial charge in [0.2, 0.25) is 0 Å². The van der Waals surface area contributed by atoms with E-state index >= 15 is 0 Å². The van der Waals surface area contributed by atoms with Gasteiger partial charge in [-0.1, -0.05) is 12.8 Å². The molecule has 1 heterocycles. The van der Waals surface area contributed by atoms with Crippen LogP contribution in [0.25, 0.3) is 0 Å². The number of fused-ring (bicyclic) bond motifs is 2. The fraction of sp³-hybridized carbons (Fsp3) is 1.00. The largest absolute Gasteiger partial charge is 0.324 e. The van der Waals surface area contributed by atoms with Gasteiger partial charge < -0.3 is 5.73 Å². The number of hydrogen-bond acceptors (Lipinski definition) is 2. The van der Waals surface area contributed by atoms with E-state index < -0.39 is 0 Å². The summed E-state index contributed by atoms with van der Waals surface area (Å²) in [5.41, 5.74) is 6.61. The predicted molar refractivity (Wildman–Crippen MR) is 58.1 cm³/mol. The minimum Gasteiger partial charge on any atom is -0.324 e. The van der Waals surface area contributed by atoms with Crippen LogP contribution in [0.2, 0.25) is 0 Å². The smallest absolute Gasteiger partial charge is 0.0283 e. The second-order valence-electron chi connectivity index (χ2n) is 5.83. The molecule has 0 amide bonds. The highest BCUT2D eigenvalue weighted by Gasteiger charge is 2.41. The van der Waals surface area contributed by atoms with Gasteiger partial charge in [0, 0.05) is 24.7 Å². The van der Waals surface area contributed by atoms with E-state index in [0.717, 1.165) is 12.0 Å². The summed E-state index contributed by atoms with van der Waals surface area (Å²) in [5, 5.41) is 0. The highest BCUT2D eigenvalue weighted by molar-refractivity contribution is 4.98. The van der Waals surface area contributed by atoms with Gasteiger partial charge in [-0.2, -0.15) is 0 Å². The third kappa shape index (κ3) is 1.49. The third-order valence-electron chi connectivity index (χ3n) is 4.64. The van der Waals surface area contributed by atoms with Gasteiger partial charge in [-0.15, -0.1) is 0 Å². The van der Waals surface area contributed by atoms with Gasteiger partial charge in [-0.3, -0.25) is 4.90 Å². The standard InChI is InChI=1S/C12H22N2/c13-12(5-1-2-6-12)9-14-8-10-3-4-11(14)7-10/h10-11H,1-9,13H2. The maximum Gasteiger partial charge on any atom is 0.0283 e. The van der Waals surface area contributed by atoms with Crippen LogP contribution < -0.4 is 5.73 Å². The van der Waals surface area contributed by atoms with Gasteiger partial charge in [0.25, 0.3) is 0 Å². The van der Waals surface area contributed by atoms with Crippen molar-refractivity contribution in [3.05, 3.63) is 0 Å². The Labute approximate surface area is 86.8 Å². The molecule has 3 fully saturated rings. The summed E-state index contributed by atoms with van der Waals surface area (Å²) in [4.78, 5) is 2.69. The number of nitrogens with zero attached hydrogens (tertiary/aromatic N) is 1. The normalized spacial score (nSPS) is 40.9. The van der Waals surface area contributed by atoms with Crippen LogP contribution in [0.1, 0.15) is 44.9 Å². The van der Waals surface area contributed by atoms with E-state index in [1.54, 1.807) is 0 Å². The van der Waals surface area contributed by atoms with Crippen LogP contribution in [0.5, 0.6) is 0 Å². The molecule has 2 unspecified atom stereocenters. The molecule has 0 radical (unpaired) electrons. The first-order valence-electron chi connectivity index (χ1n) is 6.28. The van der Waals surface area contributed by atoms with Gasteiger partial charge in [0.05, 0.1) is 0 Å². The predicted octanol–water partition coefficient (Wildman–Crippen LogP) is 1.74. The summed E-state index contributed by atoms with van der Waals surface area (Å²) >= 11 is 0. The Kier molecular flexibility index (Phi) is 2.10. The second-order valence-corrected chi connectivity index (χ2v) is 5.83. The van der Waals surface area contributed by atoms with Crippen LogP contribution in [0, 0.1) is 5.92 Å². The fourth-order valence-corrected chi connectivity index (χ4v) is 3.86. The number of nitrogens with two attached hydrogens (primary N) is 1. The molecular formula is C12H22N2. The highest BCUT2D eigenvalue weighted by Crippen LogP contribution is 2.39. The minimum absolute atomic E-state index is 0.185. The van der Waals surface area contributed by atoms with Gasteiger partial charge in [0.1, 0.15) is 0 Å². The molecule has 1 aliphatic heterocycles. The average molecular weight is 194 g/mol. The molecule has 3 rings (SSSR count). The zero-order valence-electron chi connectivity index (χ0n) is 9.04. The van der Waals surface area contributed by atoms with E-state index in [1.165, 1.54) is 58.0 Å². The first-order valence-corrected chi connectivity index (χ1v) is 6.28. The third-order valence-corrected chi connectivity index (χ3v) is 4.64. The summed E-state index contributed by atoms with van der Waals surface area (Å²) in [6.45, 7) is 2.54. The molecule has 2 heteroatoms. The lowest BCUT2D eigenvalue weighted by Crippen LogP contribution is -2.50. The molecule has 2 bridgehead atoms. The fourth-order valence-electron chi connectivity index (χ4n) is 3.86. The molecule has 0 aromatic heterocycles. The van der Waals surface area contributed by atoms with Crippen molar-refractivity contribution in [3.63, 3.8) is 0 Å². The second kappa shape index (κ2) is 3.21. The van der Waals surface area contributed by atoms with Crippen molar-refractivity contribution in [2.45, 2.75) is 56.5 Å². The Morgan fingerprint density at radius 3 is 2.57 bits per heavy atom. The minimum atomic E-state index is 0.185. The SMILES string of the molecule is NC1(CN2CC3CCC2C3)CCCC1. The molecule has 2 nitrogen and oxygen atoms in total. The van der Waals surface area contributed by atoms with E-state index in [9.17, 15) is 0 Å². The summed E-state index contributed by atoms with van der Waals surface area (Å²) in [6.07, 6.45) is 9.65. The van der Waals surface area contributed by atoms with Gasteiger partial charge in [-0.25, -0.2) is 0 Å². The molecule has 2 atom stereocenters. The van der Waals surface area contributed by atoms with Crippen LogP contribution in [0.15, 0.2) is 0 Å². The first-order chi connectivity index (χ1) is 6.75. The zero-order valence-corrected chi connectivity index (χ0v) is 9.04. The molecule has 2 aliphatic carbocycles. The lowest BCUT2D eigenvalue weighted by atomic mass is 9.97. The molecule has 0 aromatic rings. The van der Waals surface area contributed by atoms with Crippen LogP contribution in [-0.4, -0.2) is 29.6 Å². The first kappa shape index (κ1) is 9.17. The van der Waals surface area contributed by atoms with Gasteiger partial charge >= 0.3 is 0 Å². The maximum atomic E-state index is 6.43. The van der Waals surface area contributed by atoms with E-state index in [4.69, 9.17) is 5.73 Å². The van der Waals surface area contributed by atoms with E-state index in [2.05, 4.69) is 4.90 Å². The molecule has 2 saturated carbocycles. The van der Waals surface area contributed by atoms with E-state index in [-0.39, 0.29) is 5.54 Å². The highest BCUT2D eigenvalue weighted by atomic mass is 15.2. The number of piperidine rings is 1. The molecule has 2 N–H and O–H groups in total. The summed E-state index contributed by atoms with van der Waals surface area (Å²) in [6, 6.07) is 0.904. The zero-order chi connectivity index (χ0) is 9.60. The average Bonchev–Trinajstić information content (AvgIpc) is 2.80. The molecule has 3 aliphatic rings. The number of hydrogen-bond donors (Lipinski definition) is 1. The van der Waals surface area contributed by atoms with Crippen molar-refractivity contribution in [1.82, 2.24) is 4.90 Å². The van der Waals surface area contributed by atoms with Crippen molar-refractivity contribution in [2.24, 2.45) is 11.7 Å². The van der Waals surface area contributed by atoms with Crippen molar-refractivity contribution in [2.75, 3.05) is 13.1 Å². The summed E-state index contributed by atoms with van der Waals surface area (Å²) in [5.74, 6) is 1.02. The van der Waals surface area contributed by atoms with Crippen LogP contribution in [-0.2, 0) is 0 Å². The molecule has 0 spiro atoms. The molecule has 1 saturated heterocycles. The Balaban J connectivity index is 1.62. The lowest BCUT2D eigenvalue weighted by molar-refractivity contribution is 0.166. The van der Waals surface area contributed by atoms with Crippen LogP contribution in [0.3, 0.4) is 0 Å². The lowest BCUT2D eigenvalue weighted by Gasteiger charge is -2.34. The Morgan fingerprint density at radius 2 is 2.00 bits per heavy atom. The van der Waals surface area contributed by atoms with Crippen molar-refractivity contribution in [3.8, 4) is 0 Å². The topological polar surface area (TPSA) is 29.3 Å². The quantitative estimate of drug-likeness (QED) is 0.725. The molecule has 0 aromatic carbocycles. The van der Waals surface area contributed by atoms with Gasteiger partial charge in [-0.05, 0) is 38.0 Å². The van der Waals surface area contributed by atoms with Gasteiger partial charge in [0.15, 0.2) is 0 Å². The summed E-state index contributed by atoms with van der Waals surface area (Å²) in [7, 11) is 0. The Bertz CT molecular complexity index is 220. The van der Waals surface area contributed by atoms with Crippen molar-refractivity contribution < 1.29 is 0 Å². The number of rotatable bonds is 2. The van der Waals surface area contributed by atoms with E-state index in [0.29, 0.717) is 0 Å². The summed E-state index contributed by atoms with van der Waals surface area (Å²) < 4.78 is 0. The Morgan fingerprint density at radius 1 is 1.21 bits per heavy atom. The maximum absolute atomic E-state index is 6.43.